The lowest BCUT2D eigenvalue weighted by Gasteiger charge is -2.33. The van der Waals surface area contributed by atoms with Crippen molar-refractivity contribution in [3.8, 4) is 11.1 Å². The van der Waals surface area contributed by atoms with Crippen molar-refractivity contribution >= 4 is 34.5 Å². The number of aromatic nitrogens is 2. The third-order valence-electron chi connectivity index (χ3n) is 5.04. The number of pyridine rings is 2. The minimum Gasteiger partial charge on any atom is -0.444 e. The summed E-state index contributed by atoms with van der Waals surface area (Å²) < 4.78 is 30.2. The molecule has 0 spiro atoms. The molecule has 31 heavy (non-hydrogen) atoms. The number of ether oxygens (including phenoxy) is 1. The minimum absolute atomic E-state index is 0.0812. The van der Waals surface area contributed by atoms with E-state index in [2.05, 4.69) is 15.3 Å². The van der Waals surface area contributed by atoms with E-state index in [1.165, 1.54) is 18.5 Å². The molecule has 0 unspecified atom stereocenters. The van der Waals surface area contributed by atoms with Crippen LogP contribution in [0.5, 0.6) is 0 Å². The zero-order chi connectivity index (χ0) is 22.6. The van der Waals surface area contributed by atoms with Gasteiger partial charge in [0.25, 0.3) is 0 Å². The Hall–Kier alpha value is -2.04. The molecule has 1 fully saturated rings. The molecule has 1 aliphatic heterocycles. The lowest BCUT2D eigenvalue weighted by atomic mass is 9.97. The van der Waals surface area contributed by atoms with Crippen molar-refractivity contribution in [2.45, 2.75) is 43.1 Å². The number of amides is 1. The summed E-state index contributed by atoms with van der Waals surface area (Å²) in [5.41, 5.74) is 0.393. The van der Waals surface area contributed by atoms with Gasteiger partial charge in [-0.2, -0.15) is 8.78 Å². The van der Waals surface area contributed by atoms with Crippen molar-refractivity contribution in [1.29, 1.82) is 0 Å². The Morgan fingerprint density at radius 2 is 1.94 bits per heavy atom. The number of nitrogens with one attached hydrogen (secondary N) is 1. The predicted molar refractivity (Wildman–Crippen MR) is 124 cm³/mol. The number of carbonyl (C=O) groups is 1. The Labute approximate surface area is 194 Å². The highest BCUT2D eigenvalue weighted by molar-refractivity contribution is 14.1. The van der Waals surface area contributed by atoms with E-state index in [-0.39, 0.29) is 11.7 Å². The molecule has 3 rings (SSSR count). The van der Waals surface area contributed by atoms with E-state index in [0.29, 0.717) is 36.0 Å². The van der Waals surface area contributed by atoms with Gasteiger partial charge in [0.1, 0.15) is 11.4 Å². The van der Waals surface area contributed by atoms with Crippen molar-refractivity contribution in [3.63, 3.8) is 0 Å². The van der Waals surface area contributed by atoms with Crippen LogP contribution in [0.25, 0.3) is 11.1 Å². The van der Waals surface area contributed by atoms with Crippen LogP contribution in [0, 0.1) is 5.92 Å². The van der Waals surface area contributed by atoms with Crippen LogP contribution in [0.1, 0.15) is 39.2 Å². The molecular weight excluding hydrogens is 517 g/mol. The van der Waals surface area contributed by atoms with Crippen LogP contribution in [-0.4, -0.2) is 46.2 Å². The molecule has 9 heteroatoms. The maximum Gasteiger partial charge on any atom is 0.410 e. The smallest absolute Gasteiger partial charge is 0.410 e. The topological polar surface area (TPSA) is 67.3 Å². The molecule has 0 aliphatic carbocycles. The standard InChI is InChI=1S/C22H27F2IN4O2/c1-21(2,3)31-20(30)29-10-7-15(8-11-29)12-27-19-5-4-16(13-28-19)17-14-26-9-6-18(17)22(23,24)25/h4-6,9,13-15H,7-8,10-12H2,1-3H3,(H,27,28). The Morgan fingerprint density at radius 1 is 1.23 bits per heavy atom. The molecule has 6 nitrogen and oxygen atoms in total. The van der Waals surface area contributed by atoms with E-state index in [1.807, 2.05) is 20.8 Å². The van der Waals surface area contributed by atoms with Gasteiger partial charge < -0.3 is 15.0 Å². The van der Waals surface area contributed by atoms with Crippen LogP contribution in [-0.2, 0) is 8.67 Å². The first-order valence-electron chi connectivity index (χ1n) is 10.2. The zero-order valence-corrected chi connectivity index (χ0v) is 20.0. The molecule has 168 valence electrons. The van der Waals surface area contributed by atoms with Crippen LogP contribution in [0.2, 0.25) is 0 Å². The Morgan fingerprint density at radius 3 is 2.52 bits per heavy atom. The lowest BCUT2D eigenvalue weighted by molar-refractivity contribution is 0.0188. The summed E-state index contributed by atoms with van der Waals surface area (Å²) in [6.45, 7) is 7.66. The summed E-state index contributed by atoms with van der Waals surface area (Å²) in [5.74, 6) is 1.10. The van der Waals surface area contributed by atoms with Gasteiger partial charge in [-0.3, -0.25) is 4.98 Å². The molecule has 0 aromatic carbocycles. The highest BCUT2D eigenvalue weighted by atomic mass is 127. The average molecular weight is 544 g/mol. The predicted octanol–water partition coefficient (Wildman–Crippen LogP) is 5.69. The molecule has 1 N–H and O–H groups in total. The number of halogens is 3. The second kappa shape index (κ2) is 9.62. The Bertz CT molecular complexity index is 890. The summed E-state index contributed by atoms with van der Waals surface area (Å²) in [6, 6.07) is 4.88. The second-order valence-corrected chi connectivity index (χ2v) is 10.00. The molecule has 0 atom stereocenters. The van der Waals surface area contributed by atoms with E-state index < -0.39 is 9.53 Å². The molecular formula is C22H27F2IN4O2. The normalized spacial score (nSPS) is 15.6. The van der Waals surface area contributed by atoms with Gasteiger partial charge in [0.2, 0.25) is 0 Å². The zero-order valence-electron chi connectivity index (χ0n) is 17.9. The largest absolute Gasteiger partial charge is 0.444 e. The number of carbonyl (C=O) groups excluding carboxylic acids is 1. The van der Waals surface area contributed by atoms with Gasteiger partial charge in [-0.1, -0.05) is 0 Å². The molecule has 1 amide bonds. The third kappa shape index (κ3) is 6.72. The van der Waals surface area contributed by atoms with Crippen LogP contribution < -0.4 is 5.32 Å². The van der Waals surface area contributed by atoms with Gasteiger partial charge in [0, 0.05) is 77.5 Å². The van der Waals surface area contributed by atoms with Gasteiger partial charge >= 0.3 is 10.0 Å². The van der Waals surface area contributed by atoms with Crippen LogP contribution in [0.4, 0.5) is 19.4 Å². The number of alkyl halides is 3. The number of nitrogens with zero attached hydrogens (tertiary/aromatic N) is 3. The number of hydrogen-bond donors (Lipinski definition) is 1. The molecule has 0 bridgehead atoms. The summed E-state index contributed by atoms with van der Waals surface area (Å²) in [4.78, 5) is 22.3. The highest BCUT2D eigenvalue weighted by Gasteiger charge is 2.30. The molecule has 1 saturated heterocycles. The van der Waals surface area contributed by atoms with Gasteiger partial charge in [-0.05, 0) is 57.7 Å². The van der Waals surface area contributed by atoms with E-state index in [1.54, 1.807) is 23.2 Å². The summed E-state index contributed by atoms with van der Waals surface area (Å²) in [5, 5.41) is 3.31. The first kappa shape index (κ1) is 23.6. The van der Waals surface area contributed by atoms with Crippen molar-refractivity contribution < 1.29 is 18.3 Å². The Kier molecular flexibility index (Phi) is 7.33. The van der Waals surface area contributed by atoms with Crippen LogP contribution >= 0.6 is 22.6 Å². The minimum atomic E-state index is -2.98. The first-order valence-corrected chi connectivity index (χ1v) is 11.3. The first-order chi connectivity index (χ1) is 14.5. The van der Waals surface area contributed by atoms with Gasteiger partial charge in [-0.25, -0.2) is 9.78 Å². The molecule has 3 heterocycles. The maximum atomic E-state index is 13.9. The van der Waals surface area contributed by atoms with E-state index in [0.717, 1.165) is 42.0 Å². The van der Waals surface area contributed by atoms with Crippen molar-refractivity contribution in [3.05, 3.63) is 42.4 Å². The number of anilines is 1. The maximum absolute atomic E-state index is 13.9. The third-order valence-corrected chi connectivity index (χ3v) is 5.62. The number of piperidine rings is 1. The molecule has 0 radical (unpaired) electrons. The number of likely N-dealkylation sites (tertiary alicyclic amines) is 1. The SMILES string of the molecule is CC(C)(C)OC(=O)N1CCC(CNc2ccc(-c3cnccc3C(F)(F)I)cn2)CC1. The summed E-state index contributed by atoms with van der Waals surface area (Å²) >= 11 is 1.12. The van der Waals surface area contributed by atoms with Crippen molar-refractivity contribution in [2.75, 3.05) is 25.0 Å². The van der Waals surface area contributed by atoms with E-state index in [4.69, 9.17) is 4.74 Å². The molecule has 1 aliphatic rings. The molecule has 0 saturated carbocycles. The van der Waals surface area contributed by atoms with Gasteiger partial charge in [0.05, 0.1) is 0 Å². The summed E-state index contributed by atoms with van der Waals surface area (Å²) in [6.07, 6.45) is 5.88. The van der Waals surface area contributed by atoms with Crippen molar-refractivity contribution in [1.82, 2.24) is 14.9 Å². The van der Waals surface area contributed by atoms with Crippen LogP contribution in [0.15, 0.2) is 36.8 Å². The number of rotatable bonds is 5. The fraction of sp³-hybridized carbons (Fsp3) is 0.500. The number of hydrogen-bond acceptors (Lipinski definition) is 5. The summed E-state index contributed by atoms with van der Waals surface area (Å²) in [7, 11) is 0. The van der Waals surface area contributed by atoms with Crippen molar-refractivity contribution in [2.24, 2.45) is 5.92 Å². The van der Waals surface area contributed by atoms with Gasteiger partial charge in [-0.15, -0.1) is 0 Å². The van der Waals surface area contributed by atoms with Crippen LogP contribution in [0.3, 0.4) is 0 Å². The molecule has 2 aromatic heterocycles. The molecule has 2 aromatic rings. The highest BCUT2D eigenvalue weighted by Crippen LogP contribution is 2.40. The van der Waals surface area contributed by atoms with E-state index in [9.17, 15) is 13.6 Å². The Balaban J connectivity index is 1.53. The fourth-order valence-corrected chi connectivity index (χ4v) is 3.89. The van der Waals surface area contributed by atoms with Gasteiger partial charge in [0.15, 0.2) is 0 Å². The lowest BCUT2D eigenvalue weighted by Crippen LogP contribution is -2.42. The quantitative estimate of drug-likeness (QED) is 0.387. The fourth-order valence-electron chi connectivity index (χ4n) is 3.42. The average Bonchev–Trinajstić information content (AvgIpc) is 2.71. The monoisotopic (exact) mass is 544 g/mol. The van der Waals surface area contributed by atoms with E-state index >= 15 is 0 Å². The second-order valence-electron chi connectivity index (χ2n) is 8.64.